The molecule has 6 N–H and O–H groups in total. The molecule has 6 unspecified atom stereocenters. The standard InChI is InChI=1S/C41H59N3O5/c1-4-5-6-14-32(46)20-18-30-26-38(49-33-15-7-8-16-33)40(47)39-35(30)23-22-34-29(13-10-25-45)12-9-11-28(2)17-21-36(39)31(27-48-3)19-24-37(34)44-41(42)43/h6,14,26,28-29,31,33-34,36-37,45,47H,4-5,7-8,10-11,13,15-21,24-25,27H2,1-3H3,(H4,42,43,44). The minimum Gasteiger partial charge on any atom is -0.504 e. The number of aliphatic hydroxyl groups is 1. The third-order valence-electron chi connectivity index (χ3n) is 10.4. The Balaban J connectivity index is 1.99. The number of aromatic hydroxyl groups is 1. The highest BCUT2D eigenvalue weighted by molar-refractivity contribution is 5.89. The third kappa shape index (κ3) is 11.0. The van der Waals surface area contributed by atoms with Gasteiger partial charge < -0.3 is 31.2 Å². The molecular formula is C41H59N3O5. The monoisotopic (exact) mass is 673 g/mol. The summed E-state index contributed by atoms with van der Waals surface area (Å²) in [5, 5.41) is 22.1. The van der Waals surface area contributed by atoms with E-state index in [0.29, 0.717) is 50.4 Å². The third-order valence-corrected chi connectivity index (χ3v) is 10.4. The topological polar surface area (TPSA) is 140 Å². The number of hydrogen-bond donors (Lipinski definition) is 4. The van der Waals surface area contributed by atoms with Crippen LogP contribution >= 0.6 is 0 Å². The first kappa shape index (κ1) is 38.3. The molecule has 5 rings (SSSR count). The van der Waals surface area contributed by atoms with Crippen LogP contribution in [0.25, 0.3) is 0 Å². The summed E-state index contributed by atoms with van der Waals surface area (Å²) >= 11 is 0. The van der Waals surface area contributed by atoms with Crippen LogP contribution in [0.4, 0.5) is 0 Å². The molecule has 8 nitrogen and oxygen atoms in total. The SMILES string of the molecule is CCCC=CC(=O)CCc1cc(OC2CCCC2)c(O)c2c1C#CC1C(CCCO)C#CCC(C)CCC2C(COC)CCC1N=C(N)N. The summed E-state index contributed by atoms with van der Waals surface area (Å²) in [4.78, 5) is 17.8. The molecule has 0 aromatic heterocycles. The number of phenols is 1. The van der Waals surface area contributed by atoms with Gasteiger partial charge in [-0.05, 0) is 113 Å². The van der Waals surface area contributed by atoms with E-state index in [1.807, 2.05) is 12.1 Å². The second kappa shape index (κ2) is 19.7. The summed E-state index contributed by atoms with van der Waals surface area (Å²) in [6.45, 7) is 4.89. The molecular weight excluding hydrogens is 614 g/mol. The maximum absolute atomic E-state index is 13.0. The number of nitrogens with two attached hydrogens (primary N) is 2. The Hall–Kier alpha value is -3.46. The lowest BCUT2D eigenvalue weighted by Crippen LogP contribution is -2.33. The van der Waals surface area contributed by atoms with E-state index in [-0.39, 0.29) is 59.9 Å². The number of ketones is 1. The number of methoxy groups -OCH3 is 1. The quantitative estimate of drug-likeness (QED) is 0.0762. The number of aliphatic hydroxyl groups excluding tert-OH is 1. The highest BCUT2D eigenvalue weighted by Gasteiger charge is 2.35. The van der Waals surface area contributed by atoms with Gasteiger partial charge in [0.15, 0.2) is 23.2 Å². The van der Waals surface area contributed by atoms with E-state index >= 15 is 0 Å². The number of carbonyl (C=O) groups excluding carboxylic acids is 1. The van der Waals surface area contributed by atoms with Crippen LogP contribution in [0.2, 0.25) is 0 Å². The number of aliphatic imine (C=N–C) groups is 1. The zero-order valence-corrected chi connectivity index (χ0v) is 30.0. The van der Waals surface area contributed by atoms with Crippen LogP contribution in [0.1, 0.15) is 126 Å². The maximum Gasteiger partial charge on any atom is 0.186 e. The number of rotatable bonds is 14. The Morgan fingerprint density at radius 3 is 2.63 bits per heavy atom. The van der Waals surface area contributed by atoms with Crippen LogP contribution in [0, 0.1) is 47.4 Å². The summed E-state index contributed by atoms with van der Waals surface area (Å²) in [7, 11) is 1.73. The van der Waals surface area contributed by atoms with E-state index in [9.17, 15) is 15.0 Å². The van der Waals surface area contributed by atoms with Crippen LogP contribution < -0.4 is 16.2 Å². The molecule has 0 aliphatic heterocycles. The number of unbranched alkanes of at least 4 members (excludes halogenated alkanes) is 1. The molecule has 0 saturated heterocycles. The van der Waals surface area contributed by atoms with Gasteiger partial charge in [0.2, 0.25) is 0 Å². The Labute approximate surface area is 294 Å². The van der Waals surface area contributed by atoms with Gasteiger partial charge in [-0.3, -0.25) is 4.79 Å². The maximum atomic E-state index is 13.0. The number of ether oxygens (including phenoxy) is 2. The van der Waals surface area contributed by atoms with Crippen LogP contribution in [-0.2, 0) is 16.0 Å². The molecule has 1 aromatic rings. The van der Waals surface area contributed by atoms with Crippen molar-refractivity contribution in [2.45, 2.75) is 128 Å². The summed E-state index contributed by atoms with van der Waals surface area (Å²) in [5.41, 5.74) is 14.5. The first-order valence-electron chi connectivity index (χ1n) is 18.7. The Bertz CT molecular complexity index is 1420. The Morgan fingerprint density at radius 2 is 1.92 bits per heavy atom. The number of nitrogens with zero attached hydrogens (tertiary/aromatic N) is 1. The number of benzene rings is 1. The Kier molecular flexibility index (Phi) is 15.4. The average molecular weight is 674 g/mol. The van der Waals surface area contributed by atoms with Gasteiger partial charge in [0.25, 0.3) is 0 Å². The van der Waals surface area contributed by atoms with Crippen molar-refractivity contribution in [3.05, 3.63) is 34.9 Å². The molecule has 0 spiro atoms. The lowest BCUT2D eigenvalue weighted by molar-refractivity contribution is -0.114. The number of allylic oxidation sites excluding steroid dienone is 2. The predicted molar refractivity (Wildman–Crippen MR) is 196 cm³/mol. The summed E-state index contributed by atoms with van der Waals surface area (Å²) in [6.07, 6.45) is 15.7. The summed E-state index contributed by atoms with van der Waals surface area (Å²) in [6, 6.07) is 1.63. The van der Waals surface area contributed by atoms with E-state index < -0.39 is 0 Å². The van der Waals surface area contributed by atoms with Crippen molar-refractivity contribution in [2.75, 3.05) is 20.3 Å². The second-order valence-electron chi connectivity index (χ2n) is 14.3. The first-order valence-corrected chi connectivity index (χ1v) is 18.7. The minimum absolute atomic E-state index is 0.0163. The number of aryl methyl sites for hydroxylation is 1. The van der Waals surface area contributed by atoms with E-state index in [1.165, 1.54) is 0 Å². The van der Waals surface area contributed by atoms with E-state index in [0.717, 1.165) is 80.9 Å². The number of carbonyl (C=O) groups is 1. The molecule has 2 bridgehead atoms. The fourth-order valence-corrected chi connectivity index (χ4v) is 7.76. The van der Waals surface area contributed by atoms with Gasteiger partial charge >= 0.3 is 0 Å². The van der Waals surface area contributed by atoms with Crippen LogP contribution in [0.5, 0.6) is 11.5 Å². The molecule has 268 valence electrons. The second-order valence-corrected chi connectivity index (χ2v) is 14.3. The molecule has 0 heterocycles. The number of fused-ring (bicyclic) bond motifs is 8. The summed E-state index contributed by atoms with van der Waals surface area (Å²) < 4.78 is 12.5. The molecule has 1 saturated carbocycles. The van der Waals surface area contributed by atoms with E-state index in [4.69, 9.17) is 25.9 Å². The highest BCUT2D eigenvalue weighted by Crippen LogP contribution is 2.47. The fourth-order valence-electron chi connectivity index (χ4n) is 7.76. The van der Waals surface area contributed by atoms with Gasteiger partial charge in [0, 0.05) is 50.2 Å². The summed E-state index contributed by atoms with van der Waals surface area (Å²) in [5.74, 6) is 14.7. The van der Waals surface area contributed by atoms with Crippen molar-refractivity contribution in [2.24, 2.45) is 40.1 Å². The minimum atomic E-state index is -0.312. The molecule has 1 aromatic carbocycles. The van der Waals surface area contributed by atoms with Gasteiger partial charge in [-0.15, -0.1) is 5.92 Å². The number of phenolic OH excluding ortho intramolecular Hbond substituents is 1. The zero-order chi connectivity index (χ0) is 35.2. The van der Waals surface area contributed by atoms with E-state index in [1.54, 1.807) is 13.2 Å². The first-order chi connectivity index (χ1) is 23.7. The molecule has 8 heteroatoms. The van der Waals surface area contributed by atoms with Crippen molar-refractivity contribution < 1.29 is 24.5 Å². The van der Waals surface area contributed by atoms with Crippen LogP contribution in [0.15, 0.2) is 23.2 Å². The van der Waals surface area contributed by atoms with Gasteiger partial charge in [0.05, 0.1) is 18.1 Å². The number of guanidine groups is 1. The smallest absolute Gasteiger partial charge is 0.186 e. The molecule has 49 heavy (non-hydrogen) atoms. The van der Waals surface area contributed by atoms with Crippen molar-refractivity contribution in [1.82, 2.24) is 0 Å². The van der Waals surface area contributed by atoms with Crippen molar-refractivity contribution >= 4 is 11.7 Å². The van der Waals surface area contributed by atoms with E-state index in [2.05, 4.69) is 37.5 Å². The van der Waals surface area contributed by atoms with Crippen LogP contribution in [-0.4, -0.2) is 54.4 Å². The molecule has 0 radical (unpaired) electrons. The lowest BCUT2D eigenvalue weighted by atomic mass is 9.73. The van der Waals surface area contributed by atoms with Gasteiger partial charge in [-0.25, -0.2) is 4.99 Å². The molecule has 0 amide bonds. The average Bonchev–Trinajstić information content (AvgIpc) is 3.59. The molecule has 6 atom stereocenters. The zero-order valence-electron chi connectivity index (χ0n) is 30.0. The molecule has 4 aliphatic carbocycles. The predicted octanol–water partition coefficient (Wildman–Crippen LogP) is 6.53. The molecule has 4 aliphatic rings. The Morgan fingerprint density at radius 1 is 1.12 bits per heavy atom. The van der Waals surface area contributed by atoms with Gasteiger partial charge in [-0.1, -0.05) is 44.1 Å². The fraction of sp³-hybridized carbons (Fsp3) is 0.659. The van der Waals surface area contributed by atoms with Gasteiger partial charge in [-0.2, -0.15) is 0 Å². The van der Waals surface area contributed by atoms with Gasteiger partial charge in [0.1, 0.15) is 0 Å². The van der Waals surface area contributed by atoms with Crippen molar-refractivity contribution in [3.63, 3.8) is 0 Å². The van der Waals surface area contributed by atoms with Crippen molar-refractivity contribution in [3.8, 4) is 35.2 Å². The lowest BCUT2D eigenvalue weighted by Gasteiger charge is -2.33. The number of hydrogen-bond acceptors (Lipinski definition) is 6. The molecule has 1 fully saturated rings. The highest BCUT2D eigenvalue weighted by atomic mass is 16.5. The van der Waals surface area contributed by atoms with Crippen LogP contribution in [0.3, 0.4) is 0 Å². The van der Waals surface area contributed by atoms with Crippen molar-refractivity contribution in [1.29, 1.82) is 0 Å². The normalized spacial score (nSPS) is 25.7. The largest absolute Gasteiger partial charge is 0.504 e.